The van der Waals surface area contributed by atoms with Crippen LogP contribution in [0, 0.1) is 6.92 Å². The summed E-state index contributed by atoms with van der Waals surface area (Å²) in [5, 5.41) is 7.88. The first-order valence-corrected chi connectivity index (χ1v) is 6.69. The van der Waals surface area contributed by atoms with Crippen molar-refractivity contribution in [3.63, 3.8) is 0 Å². The van der Waals surface area contributed by atoms with Gasteiger partial charge >= 0.3 is 0 Å². The summed E-state index contributed by atoms with van der Waals surface area (Å²) in [7, 11) is 0. The van der Waals surface area contributed by atoms with Crippen LogP contribution in [0.2, 0.25) is 0 Å². The summed E-state index contributed by atoms with van der Waals surface area (Å²) in [6, 6.07) is 6.71. The molecule has 0 radical (unpaired) electrons. The van der Waals surface area contributed by atoms with Gasteiger partial charge in [0.05, 0.1) is 6.20 Å². The van der Waals surface area contributed by atoms with E-state index >= 15 is 0 Å². The van der Waals surface area contributed by atoms with E-state index < -0.39 is 0 Å². The fourth-order valence-corrected chi connectivity index (χ4v) is 2.69. The Bertz CT molecular complexity index is 569. The summed E-state index contributed by atoms with van der Waals surface area (Å²) < 4.78 is 2.05. The van der Waals surface area contributed by atoms with Crippen molar-refractivity contribution in [3.8, 4) is 11.1 Å². The Hall–Kier alpha value is -1.77. The fraction of sp³-hybridized carbons (Fsp3) is 0.400. The molecule has 0 atom stereocenters. The summed E-state index contributed by atoms with van der Waals surface area (Å²) in [5.74, 6) is 0. The lowest BCUT2D eigenvalue weighted by Crippen LogP contribution is -2.11. The van der Waals surface area contributed by atoms with E-state index in [1.165, 1.54) is 40.9 Å². The van der Waals surface area contributed by atoms with Gasteiger partial charge in [-0.25, -0.2) is 0 Å². The number of nitrogens with one attached hydrogen (secondary N) is 1. The molecule has 0 amide bonds. The van der Waals surface area contributed by atoms with Gasteiger partial charge in [-0.2, -0.15) is 5.10 Å². The van der Waals surface area contributed by atoms with Gasteiger partial charge in [-0.15, -0.1) is 0 Å². The van der Waals surface area contributed by atoms with Gasteiger partial charge in [-0.1, -0.05) is 6.07 Å². The summed E-state index contributed by atoms with van der Waals surface area (Å²) in [4.78, 5) is 0. The van der Waals surface area contributed by atoms with E-state index in [0.717, 1.165) is 13.1 Å². The lowest BCUT2D eigenvalue weighted by atomic mass is 9.98. The second kappa shape index (κ2) is 4.48. The van der Waals surface area contributed by atoms with Crippen molar-refractivity contribution in [2.75, 3.05) is 11.9 Å². The summed E-state index contributed by atoms with van der Waals surface area (Å²) in [6.07, 6.45) is 4.39. The predicted molar refractivity (Wildman–Crippen MR) is 74.9 cm³/mol. The van der Waals surface area contributed by atoms with E-state index in [4.69, 9.17) is 0 Å². The third-order valence-electron chi connectivity index (χ3n) is 3.76. The van der Waals surface area contributed by atoms with Crippen LogP contribution in [0.15, 0.2) is 24.4 Å². The number of hydrogen-bond acceptors (Lipinski definition) is 2. The number of fused-ring (bicyclic) bond motifs is 1. The maximum Gasteiger partial charge on any atom is 0.0571 e. The van der Waals surface area contributed by atoms with Crippen LogP contribution in [0.1, 0.15) is 24.6 Å². The van der Waals surface area contributed by atoms with Crippen LogP contribution < -0.4 is 5.32 Å². The molecule has 3 nitrogen and oxygen atoms in total. The Morgan fingerprint density at radius 2 is 2.28 bits per heavy atom. The Morgan fingerprint density at radius 3 is 3.06 bits per heavy atom. The number of aryl methyl sites for hydroxylation is 2. The monoisotopic (exact) mass is 241 g/mol. The largest absolute Gasteiger partial charge is 0.385 e. The minimum Gasteiger partial charge on any atom is -0.385 e. The first-order chi connectivity index (χ1) is 8.79. The Labute approximate surface area is 108 Å². The lowest BCUT2D eigenvalue weighted by Gasteiger charge is -2.18. The molecule has 94 valence electrons. The molecule has 0 fully saturated rings. The molecule has 2 heterocycles. The highest BCUT2D eigenvalue weighted by atomic mass is 15.3. The molecule has 0 bridgehead atoms. The molecular weight excluding hydrogens is 222 g/mol. The third-order valence-corrected chi connectivity index (χ3v) is 3.76. The molecule has 2 aromatic rings. The molecule has 1 aromatic carbocycles. The molecule has 0 unspecified atom stereocenters. The van der Waals surface area contributed by atoms with Gasteiger partial charge in [0, 0.05) is 30.0 Å². The average Bonchev–Trinajstić information content (AvgIpc) is 2.79. The van der Waals surface area contributed by atoms with Gasteiger partial charge in [0.2, 0.25) is 0 Å². The molecule has 3 rings (SSSR count). The first kappa shape index (κ1) is 11.3. The van der Waals surface area contributed by atoms with Crippen molar-refractivity contribution in [2.24, 2.45) is 0 Å². The maximum absolute atomic E-state index is 4.42. The number of benzene rings is 1. The molecule has 1 aliphatic heterocycles. The van der Waals surface area contributed by atoms with Gasteiger partial charge in [0.1, 0.15) is 0 Å². The van der Waals surface area contributed by atoms with Crippen molar-refractivity contribution in [2.45, 2.75) is 33.2 Å². The maximum atomic E-state index is 4.42. The molecule has 0 aliphatic carbocycles. The molecule has 0 spiro atoms. The Morgan fingerprint density at radius 1 is 1.39 bits per heavy atom. The van der Waals surface area contributed by atoms with Gasteiger partial charge in [0.25, 0.3) is 0 Å². The summed E-state index contributed by atoms with van der Waals surface area (Å²) >= 11 is 0. The van der Waals surface area contributed by atoms with Crippen LogP contribution in [-0.4, -0.2) is 16.3 Å². The van der Waals surface area contributed by atoms with Gasteiger partial charge in [-0.3, -0.25) is 4.68 Å². The second-order valence-electron chi connectivity index (χ2n) is 4.86. The highest BCUT2D eigenvalue weighted by Gasteiger charge is 2.12. The van der Waals surface area contributed by atoms with Crippen molar-refractivity contribution in [1.29, 1.82) is 0 Å². The van der Waals surface area contributed by atoms with Crippen LogP contribution >= 0.6 is 0 Å². The van der Waals surface area contributed by atoms with Crippen LogP contribution in [0.25, 0.3) is 11.1 Å². The molecule has 0 saturated carbocycles. The standard InChI is InChI=1S/C15H19N3/c1-3-18-11(2)14(10-17-18)12-6-7-15-13(9-12)5-4-8-16-15/h6-7,9-10,16H,3-5,8H2,1-2H3. The zero-order valence-corrected chi connectivity index (χ0v) is 11.0. The quantitative estimate of drug-likeness (QED) is 0.874. The van der Waals surface area contributed by atoms with Crippen molar-refractivity contribution in [3.05, 3.63) is 35.7 Å². The fourth-order valence-electron chi connectivity index (χ4n) is 2.69. The predicted octanol–water partition coefficient (Wildman–Crippen LogP) is 3.24. The van der Waals surface area contributed by atoms with Crippen LogP contribution in [-0.2, 0) is 13.0 Å². The molecule has 1 aliphatic rings. The molecule has 0 saturated heterocycles. The Kier molecular flexibility index (Phi) is 2.82. The number of anilines is 1. The van der Waals surface area contributed by atoms with Crippen molar-refractivity contribution in [1.82, 2.24) is 9.78 Å². The Balaban J connectivity index is 2.03. The minimum atomic E-state index is 0.929. The highest BCUT2D eigenvalue weighted by Crippen LogP contribution is 2.29. The highest BCUT2D eigenvalue weighted by molar-refractivity contribution is 5.70. The smallest absolute Gasteiger partial charge is 0.0571 e. The van der Waals surface area contributed by atoms with E-state index in [0.29, 0.717) is 0 Å². The van der Waals surface area contributed by atoms with E-state index in [1.54, 1.807) is 0 Å². The zero-order chi connectivity index (χ0) is 12.5. The van der Waals surface area contributed by atoms with E-state index in [-0.39, 0.29) is 0 Å². The summed E-state index contributed by atoms with van der Waals surface area (Å²) in [5.41, 5.74) is 6.52. The topological polar surface area (TPSA) is 29.9 Å². The van der Waals surface area contributed by atoms with Crippen LogP contribution in [0.3, 0.4) is 0 Å². The van der Waals surface area contributed by atoms with E-state index in [2.05, 4.69) is 42.5 Å². The summed E-state index contributed by atoms with van der Waals surface area (Å²) in [6.45, 7) is 6.29. The van der Waals surface area contributed by atoms with Crippen molar-refractivity contribution < 1.29 is 0 Å². The zero-order valence-electron chi connectivity index (χ0n) is 11.0. The number of rotatable bonds is 2. The molecule has 1 N–H and O–H groups in total. The number of nitrogens with zero attached hydrogens (tertiary/aromatic N) is 2. The minimum absolute atomic E-state index is 0.929. The second-order valence-corrected chi connectivity index (χ2v) is 4.86. The molecule has 3 heteroatoms. The van der Waals surface area contributed by atoms with Gasteiger partial charge in [-0.05, 0) is 49.9 Å². The van der Waals surface area contributed by atoms with Crippen LogP contribution in [0.5, 0.6) is 0 Å². The first-order valence-electron chi connectivity index (χ1n) is 6.69. The normalized spacial score (nSPS) is 14.1. The SMILES string of the molecule is CCn1ncc(-c2ccc3c(c2)CCCN3)c1C. The van der Waals surface area contributed by atoms with Crippen molar-refractivity contribution >= 4 is 5.69 Å². The lowest BCUT2D eigenvalue weighted by molar-refractivity contribution is 0.640. The van der Waals surface area contributed by atoms with E-state index in [9.17, 15) is 0 Å². The van der Waals surface area contributed by atoms with Gasteiger partial charge in [0.15, 0.2) is 0 Å². The number of aromatic nitrogens is 2. The third kappa shape index (κ3) is 1.80. The molecule has 18 heavy (non-hydrogen) atoms. The van der Waals surface area contributed by atoms with Gasteiger partial charge < -0.3 is 5.32 Å². The van der Waals surface area contributed by atoms with E-state index in [1.807, 2.05) is 10.9 Å². The average molecular weight is 241 g/mol. The van der Waals surface area contributed by atoms with Crippen LogP contribution in [0.4, 0.5) is 5.69 Å². The molecular formula is C15H19N3. The molecule has 1 aromatic heterocycles. The number of hydrogen-bond donors (Lipinski definition) is 1.